The third-order valence-electron chi connectivity index (χ3n) is 6.65. The number of aromatic carboxylic acids is 1. The Hall–Kier alpha value is -4.63. The number of alkyl halides is 3. The molecule has 0 aliphatic carbocycles. The van der Waals surface area contributed by atoms with Gasteiger partial charge in [0.25, 0.3) is 5.91 Å². The highest BCUT2D eigenvalue weighted by Crippen LogP contribution is 2.32. The second kappa shape index (κ2) is 11.1. The molecule has 0 aliphatic heterocycles. The van der Waals surface area contributed by atoms with Crippen LogP contribution in [0.4, 0.5) is 17.6 Å². The maximum Gasteiger partial charge on any atom is 0.416 e. The summed E-state index contributed by atoms with van der Waals surface area (Å²) in [5.41, 5.74) is 2.70. The summed E-state index contributed by atoms with van der Waals surface area (Å²) in [7, 11) is 0. The normalized spacial score (nSPS) is 11.5. The van der Waals surface area contributed by atoms with E-state index in [1.54, 1.807) is 41.1 Å². The zero-order valence-corrected chi connectivity index (χ0v) is 21.9. The van der Waals surface area contributed by atoms with Gasteiger partial charge in [0.1, 0.15) is 5.82 Å². The van der Waals surface area contributed by atoms with Gasteiger partial charge in [-0.15, -0.1) is 0 Å². The van der Waals surface area contributed by atoms with Crippen molar-refractivity contribution < 1.29 is 32.3 Å². The zero-order chi connectivity index (χ0) is 29.3. The Bertz CT molecular complexity index is 1760. The van der Waals surface area contributed by atoms with Crippen molar-refractivity contribution in [1.82, 2.24) is 9.88 Å². The summed E-state index contributed by atoms with van der Waals surface area (Å²) >= 11 is 6.00. The van der Waals surface area contributed by atoms with E-state index in [9.17, 15) is 27.2 Å². The first-order valence-electron chi connectivity index (χ1n) is 12.3. The third kappa shape index (κ3) is 6.10. The van der Waals surface area contributed by atoms with Gasteiger partial charge in [-0.2, -0.15) is 13.2 Å². The number of carboxylic acid groups (broad SMARTS) is 1. The van der Waals surface area contributed by atoms with Crippen molar-refractivity contribution in [2.24, 2.45) is 0 Å². The van der Waals surface area contributed by atoms with E-state index in [2.05, 4.69) is 5.32 Å². The monoisotopic (exact) mass is 580 g/mol. The molecule has 208 valence electrons. The smallest absolute Gasteiger partial charge is 0.416 e. The highest BCUT2D eigenvalue weighted by atomic mass is 35.5. The molecule has 0 unspecified atom stereocenters. The molecular weight excluding hydrogens is 560 g/mol. The molecule has 41 heavy (non-hydrogen) atoms. The molecule has 0 bridgehead atoms. The maximum atomic E-state index is 13.8. The van der Waals surface area contributed by atoms with Gasteiger partial charge in [-0.1, -0.05) is 41.9 Å². The lowest BCUT2D eigenvalue weighted by Gasteiger charge is -2.14. The minimum atomic E-state index is -4.45. The van der Waals surface area contributed by atoms with Crippen molar-refractivity contribution in [3.05, 3.63) is 130 Å². The van der Waals surface area contributed by atoms with Gasteiger partial charge in [-0.3, -0.25) is 4.79 Å². The number of amides is 1. The summed E-state index contributed by atoms with van der Waals surface area (Å²) in [5, 5.41) is 12.6. The number of hydrogen-bond acceptors (Lipinski definition) is 2. The summed E-state index contributed by atoms with van der Waals surface area (Å²) < 4.78 is 54.6. The molecule has 5 aromatic rings. The second-order valence-electron chi connectivity index (χ2n) is 9.41. The molecule has 1 heterocycles. The number of hydrogen-bond donors (Lipinski definition) is 2. The number of rotatable bonds is 7. The van der Waals surface area contributed by atoms with Crippen LogP contribution in [0, 0.1) is 5.82 Å². The van der Waals surface area contributed by atoms with Crippen LogP contribution < -0.4 is 5.32 Å². The number of carboxylic acids is 1. The second-order valence-corrected chi connectivity index (χ2v) is 9.82. The van der Waals surface area contributed by atoms with Crippen molar-refractivity contribution in [2.75, 3.05) is 0 Å². The predicted molar refractivity (Wildman–Crippen MR) is 147 cm³/mol. The Morgan fingerprint density at radius 2 is 1.54 bits per heavy atom. The summed E-state index contributed by atoms with van der Waals surface area (Å²) in [6, 6.07) is 20.4. The molecule has 0 spiro atoms. The Morgan fingerprint density at radius 1 is 0.854 bits per heavy atom. The first-order valence-corrected chi connectivity index (χ1v) is 12.7. The van der Waals surface area contributed by atoms with Crippen molar-refractivity contribution in [3.63, 3.8) is 0 Å². The van der Waals surface area contributed by atoms with E-state index in [0.29, 0.717) is 33.2 Å². The fourth-order valence-electron chi connectivity index (χ4n) is 4.54. The Balaban J connectivity index is 1.51. The fourth-order valence-corrected chi connectivity index (χ4v) is 4.72. The largest absolute Gasteiger partial charge is 0.478 e. The lowest BCUT2D eigenvalue weighted by atomic mass is 9.99. The van der Waals surface area contributed by atoms with E-state index >= 15 is 0 Å². The molecule has 0 aliphatic rings. The first kappa shape index (κ1) is 27.9. The number of nitrogens with zero attached hydrogens (tertiary/aromatic N) is 1. The SMILES string of the molecule is O=C(O)c1ccc(CNC(=O)c2cc(-c3ccc(F)c(Cl)c3)cc3ccn(Cc4ccc(C(F)(F)F)cc4)c23)cc1. The van der Waals surface area contributed by atoms with Gasteiger partial charge in [-0.05, 0) is 76.9 Å². The molecule has 5 rings (SSSR count). The Morgan fingerprint density at radius 3 is 2.17 bits per heavy atom. The highest BCUT2D eigenvalue weighted by molar-refractivity contribution is 6.31. The number of fused-ring (bicyclic) bond motifs is 1. The minimum Gasteiger partial charge on any atom is -0.478 e. The minimum absolute atomic E-state index is 0.0710. The zero-order valence-electron chi connectivity index (χ0n) is 21.2. The quantitative estimate of drug-likeness (QED) is 0.193. The average Bonchev–Trinajstić information content (AvgIpc) is 3.35. The standard InChI is InChI=1S/C31H21ClF4N2O3/c32-26-15-21(7-10-27(26)33)23-13-22-11-12-38(17-19-3-8-24(9-4-19)31(34,35)36)28(22)25(14-23)29(39)37-16-18-1-5-20(6-2-18)30(40)41/h1-15H,16-17H2,(H,37,39)(H,40,41). The molecular formula is C31H21ClF4N2O3. The van der Waals surface area contributed by atoms with Gasteiger partial charge < -0.3 is 15.0 Å². The molecule has 0 atom stereocenters. The topological polar surface area (TPSA) is 71.3 Å². The van der Waals surface area contributed by atoms with Crippen LogP contribution in [0.3, 0.4) is 0 Å². The first-order chi connectivity index (χ1) is 19.5. The van der Waals surface area contributed by atoms with E-state index in [1.807, 2.05) is 6.07 Å². The Labute approximate surface area is 236 Å². The summed E-state index contributed by atoms with van der Waals surface area (Å²) in [6.07, 6.45) is -2.71. The van der Waals surface area contributed by atoms with Gasteiger partial charge in [-0.25, -0.2) is 9.18 Å². The average molecular weight is 581 g/mol. The molecule has 0 saturated carbocycles. The molecule has 0 saturated heterocycles. The number of carbonyl (C=O) groups is 2. The van der Waals surface area contributed by atoms with Crippen molar-refractivity contribution in [3.8, 4) is 11.1 Å². The lowest BCUT2D eigenvalue weighted by molar-refractivity contribution is -0.137. The Kier molecular flexibility index (Phi) is 7.55. The third-order valence-corrected chi connectivity index (χ3v) is 6.94. The van der Waals surface area contributed by atoms with E-state index < -0.39 is 29.4 Å². The van der Waals surface area contributed by atoms with Crippen LogP contribution in [-0.2, 0) is 19.3 Å². The van der Waals surface area contributed by atoms with Crippen LogP contribution in [0.25, 0.3) is 22.0 Å². The van der Waals surface area contributed by atoms with Gasteiger partial charge >= 0.3 is 12.1 Å². The lowest BCUT2D eigenvalue weighted by Crippen LogP contribution is -2.23. The molecule has 2 N–H and O–H groups in total. The fraction of sp³-hybridized carbons (Fsp3) is 0.0968. The van der Waals surface area contributed by atoms with E-state index in [-0.39, 0.29) is 29.2 Å². The summed E-state index contributed by atoms with van der Waals surface area (Å²) in [5.74, 6) is -2.07. The van der Waals surface area contributed by atoms with Gasteiger partial charge in [0.05, 0.1) is 27.2 Å². The highest BCUT2D eigenvalue weighted by Gasteiger charge is 2.30. The molecule has 1 aromatic heterocycles. The maximum absolute atomic E-state index is 13.8. The van der Waals surface area contributed by atoms with Gasteiger partial charge in [0.15, 0.2) is 0 Å². The molecule has 0 fully saturated rings. The van der Waals surface area contributed by atoms with Crippen LogP contribution in [0.15, 0.2) is 91.1 Å². The van der Waals surface area contributed by atoms with Gasteiger partial charge in [0, 0.05) is 24.7 Å². The van der Waals surface area contributed by atoms with Crippen molar-refractivity contribution >= 4 is 34.4 Å². The van der Waals surface area contributed by atoms with E-state index in [4.69, 9.17) is 16.7 Å². The number of nitrogens with one attached hydrogen (secondary N) is 1. The molecule has 0 radical (unpaired) electrons. The number of benzene rings is 4. The number of aromatic nitrogens is 1. The summed E-state index contributed by atoms with van der Waals surface area (Å²) in [6.45, 7) is 0.326. The van der Waals surface area contributed by atoms with E-state index in [0.717, 1.165) is 12.1 Å². The van der Waals surface area contributed by atoms with Crippen molar-refractivity contribution in [2.45, 2.75) is 19.3 Å². The number of carbonyl (C=O) groups excluding carboxylic acids is 1. The molecule has 1 amide bonds. The van der Waals surface area contributed by atoms with Crippen LogP contribution in [0.1, 0.15) is 37.4 Å². The molecule has 4 aromatic carbocycles. The summed E-state index contributed by atoms with van der Waals surface area (Å²) in [4.78, 5) is 24.7. The number of halogens is 5. The van der Waals surface area contributed by atoms with Crippen molar-refractivity contribution in [1.29, 1.82) is 0 Å². The van der Waals surface area contributed by atoms with Crippen LogP contribution >= 0.6 is 11.6 Å². The van der Waals surface area contributed by atoms with Crippen LogP contribution in [0.5, 0.6) is 0 Å². The van der Waals surface area contributed by atoms with E-state index in [1.165, 1.54) is 36.4 Å². The van der Waals surface area contributed by atoms with Gasteiger partial charge in [0.2, 0.25) is 0 Å². The predicted octanol–water partition coefficient (Wildman–Crippen LogP) is 7.80. The molecule has 5 nitrogen and oxygen atoms in total. The molecule has 10 heteroatoms. The van der Waals surface area contributed by atoms with Crippen LogP contribution in [0.2, 0.25) is 5.02 Å². The van der Waals surface area contributed by atoms with Crippen LogP contribution in [-0.4, -0.2) is 21.6 Å².